The van der Waals surface area contributed by atoms with E-state index in [1.165, 1.54) is 12.5 Å². The molecule has 2 nitrogen and oxygen atoms in total. The topological polar surface area (TPSA) is 23.5 Å². The number of piperidine rings is 1. The highest BCUT2D eigenvalue weighted by atomic mass is 19.4. The lowest BCUT2D eigenvalue weighted by atomic mass is 9.96. The highest BCUT2D eigenvalue weighted by Crippen LogP contribution is 2.31. The Morgan fingerprint density at radius 2 is 1.86 bits per heavy atom. The SMILES string of the molecule is CC1CCCC(C)N1CC(O)c1cccc(C(F)(F)F)c1. The van der Waals surface area contributed by atoms with Gasteiger partial charge in [0, 0.05) is 18.6 Å². The quantitative estimate of drug-likeness (QED) is 0.912. The van der Waals surface area contributed by atoms with Gasteiger partial charge < -0.3 is 5.11 Å². The third-order valence-electron chi connectivity index (χ3n) is 4.36. The van der Waals surface area contributed by atoms with Gasteiger partial charge in [-0.3, -0.25) is 4.90 Å². The van der Waals surface area contributed by atoms with Gasteiger partial charge in [-0.1, -0.05) is 18.6 Å². The van der Waals surface area contributed by atoms with E-state index in [-0.39, 0.29) is 0 Å². The van der Waals surface area contributed by atoms with Crippen molar-refractivity contribution >= 4 is 0 Å². The Bertz CT molecular complexity index is 465. The van der Waals surface area contributed by atoms with E-state index in [1.807, 2.05) is 0 Å². The Morgan fingerprint density at radius 3 is 2.43 bits per heavy atom. The zero-order valence-electron chi connectivity index (χ0n) is 12.4. The molecule has 0 radical (unpaired) electrons. The van der Waals surface area contributed by atoms with Gasteiger partial charge in [0.15, 0.2) is 0 Å². The summed E-state index contributed by atoms with van der Waals surface area (Å²) in [6, 6.07) is 5.69. The second kappa shape index (κ2) is 6.36. The van der Waals surface area contributed by atoms with Crippen LogP contribution in [0, 0.1) is 0 Å². The van der Waals surface area contributed by atoms with Crippen LogP contribution in [0.15, 0.2) is 24.3 Å². The van der Waals surface area contributed by atoms with Gasteiger partial charge in [-0.15, -0.1) is 0 Å². The lowest BCUT2D eigenvalue weighted by molar-refractivity contribution is -0.137. The maximum absolute atomic E-state index is 12.7. The molecule has 0 aromatic heterocycles. The van der Waals surface area contributed by atoms with E-state index in [0.717, 1.165) is 25.0 Å². The van der Waals surface area contributed by atoms with Gasteiger partial charge in [0.1, 0.15) is 0 Å². The molecule has 2 rings (SSSR count). The molecule has 0 aliphatic carbocycles. The molecule has 1 aliphatic rings. The van der Waals surface area contributed by atoms with E-state index in [2.05, 4.69) is 18.7 Å². The summed E-state index contributed by atoms with van der Waals surface area (Å²) in [5, 5.41) is 10.3. The van der Waals surface area contributed by atoms with Crippen LogP contribution in [0.4, 0.5) is 13.2 Å². The summed E-state index contributed by atoms with van der Waals surface area (Å²) in [6.45, 7) is 4.59. The Hall–Kier alpha value is -1.07. The molecule has 1 heterocycles. The Morgan fingerprint density at radius 1 is 1.24 bits per heavy atom. The Labute approximate surface area is 123 Å². The summed E-state index contributed by atoms with van der Waals surface area (Å²) in [7, 11) is 0. The standard InChI is InChI=1S/C16H22F3NO/c1-11-5-3-6-12(2)20(11)10-15(21)13-7-4-8-14(9-13)16(17,18)19/h4,7-9,11-12,15,21H,3,5-6,10H2,1-2H3. The van der Waals surface area contributed by atoms with Crippen LogP contribution < -0.4 is 0 Å². The predicted octanol–water partition coefficient (Wildman–Crippen LogP) is 4.00. The van der Waals surface area contributed by atoms with Gasteiger partial charge in [0.2, 0.25) is 0 Å². The first-order valence-corrected chi connectivity index (χ1v) is 7.40. The van der Waals surface area contributed by atoms with Gasteiger partial charge in [0.25, 0.3) is 0 Å². The summed E-state index contributed by atoms with van der Waals surface area (Å²) in [4.78, 5) is 2.19. The van der Waals surface area contributed by atoms with Crippen molar-refractivity contribution in [2.24, 2.45) is 0 Å². The number of benzene rings is 1. The predicted molar refractivity (Wildman–Crippen MR) is 75.9 cm³/mol. The molecule has 1 N–H and O–H groups in total. The second-order valence-electron chi connectivity index (χ2n) is 5.96. The number of β-amino-alcohol motifs (C(OH)–C–C–N with tert-alkyl or cyclic N) is 1. The molecule has 3 atom stereocenters. The molecule has 0 saturated carbocycles. The number of aliphatic hydroxyl groups excluding tert-OH is 1. The number of nitrogens with zero attached hydrogens (tertiary/aromatic N) is 1. The van der Waals surface area contributed by atoms with Crippen LogP contribution in [0.3, 0.4) is 0 Å². The van der Waals surface area contributed by atoms with Crippen molar-refractivity contribution in [3.63, 3.8) is 0 Å². The van der Waals surface area contributed by atoms with Crippen LogP contribution >= 0.6 is 0 Å². The zero-order valence-corrected chi connectivity index (χ0v) is 12.4. The molecule has 1 aromatic rings. The van der Waals surface area contributed by atoms with E-state index >= 15 is 0 Å². The molecule has 0 amide bonds. The van der Waals surface area contributed by atoms with Gasteiger partial charge in [-0.2, -0.15) is 13.2 Å². The van der Waals surface area contributed by atoms with E-state index < -0.39 is 17.8 Å². The molecule has 1 fully saturated rings. The molecule has 0 spiro atoms. The average molecular weight is 301 g/mol. The van der Waals surface area contributed by atoms with Crippen molar-refractivity contribution < 1.29 is 18.3 Å². The van der Waals surface area contributed by atoms with Crippen LogP contribution in [0.25, 0.3) is 0 Å². The fraction of sp³-hybridized carbons (Fsp3) is 0.625. The highest BCUT2D eigenvalue weighted by molar-refractivity contribution is 5.27. The van der Waals surface area contributed by atoms with Crippen LogP contribution in [0.5, 0.6) is 0 Å². The molecule has 0 bridgehead atoms. The molecule has 1 saturated heterocycles. The van der Waals surface area contributed by atoms with Gasteiger partial charge in [0.05, 0.1) is 11.7 Å². The Kier molecular flexibility index (Phi) is 4.94. The van der Waals surface area contributed by atoms with Crippen LogP contribution in [-0.2, 0) is 6.18 Å². The number of halogens is 3. The van der Waals surface area contributed by atoms with Gasteiger partial charge in [-0.25, -0.2) is 0 Å². The largest absolute Gasteiger partial charge is 0.416 e. The summed E-state index contributed by atoms with van der Waals surface area (Å²) >= 11 is 0. The third-order valence-corrected chi connectivity index (χ3v) is 4.36. The molecule has 5 heteroatoms. The molecule has 21 heavy (non-hydrogen) atoms. The van der Waals surface area contributed by atoms with E-state index in [1.54, 1.807) is 6.07 Å². The minimum atomic E-state index is -4.37. The van der Waals surface area contributed by atoms with Crippen LogP contribution in [-0.4, -0.2) is 28.6 Å². The van der Waals surface area contributed by atoms with E-state index in [9.17, 15) is 18.3 Å². The number of rotatable bonds is 3. The first-order chi connectivity index (χ1) is 9.79. The van der Waals surface area contributed by atoms with Crippen LogP contribution in [0.1, 0.15) is 50.3 Å². The number of alkyl halides is 3. The van der Waals surface area contributed by atoms with Crippen molar-refractivity contribution in [2.75, 3.05) is 6.54 Å². The van der Waals surface area contributed by atoms with Crippen molar-refractivity contribution in [1.82, 2.24) is 4.90 Å². The molecular formula is C16H22F3NO. The van der Waals surface area contributed by atoms with Gasteiger partial charge in [-0.05, 0) is 44.4 Å². The molecule has 118 valence electrons. The normalized spacial score (nSPS) is 25.8. The first kappa shape index (κ1) is 16.3. The summed E-state index contributed by atoms with van der Waals surface area (Å²) in [5.41, 5.74) is -0.381. The van der Waals surface area contributed by atoms with Crippen molar-refractivity contribution in [2.45, 2.75) is 57.5 Å². The molecule has 3 unspecified atom stereocenters. The lowest BCUT2D eigenvalue weighted by Gasteiger charge is -2.40. The number of hydrogen-bond donors (Lipinski definition) is 1. The maximum atomic E-state index is 12.7. The minimum absolute atomic E-state index is 0.329. The fourth-order valence-corrected chi connectivity index (χ4v) is 3.06. The van der Waals surface area contributed by atoms with Crippen LogP contribution in [0.2, 0.25) is 0 Å². The monoisotopic (exact) mass is 301 g/mol. The van der Waals surface area contributed by atoms with Crippen molar-refractivity contribution in [3.05, 3.63) is 35.4 Å². The second-order valence-corrected chi connectivity index (χ2v) is 5.96. The number of aliphatic hydroxyl groups is 1. The summed E-state index contributed by atoms with van der Waals surface area (Å²) < 4.78 is 38.2. The Balaban J connectivity index is 2.11. The number of likely N-dealkylation sites (tertiary alicyclic amines) is 1. The molecule has 1 aliphatic heterocycles. The molecular weight excluding hydrogens is 279 g/mol. The zero-order chi connectivity index (χ0) is 15.6. The third kappa shape index (κ3) is 3.98. The lowest BCUT2D eigenvalue weighted by Crippen LogP contribution is -2.45. The first-order valence-electron chi connectivity index (χ1n) is 7.40. The summed E-state index contributed by atoms with van der Waals surface area (Å²) in [5.74, 6) is 0. The summed E-state index contributed by atoms with van der Waals surface area (Å²) in [6.07, 6.45) is -1.96. The fourth-order valence-electron chi connectivity index (χ4n) is 3.06. The average Bonchev–Trinajstić information content (AvgIpc) is 2.42. The molecule has 1 aromatic carbocycles. The van der Waals surface area contributed by atoms with E-state index in [0.29, 0.717) is 24.2 Å². The smallest absolute Gasteiger partial charge is 0.387 e. The van der Waals surface area contributed by atoms with Crippen molar-refractivity contribution in [1.29, 1.82) is 0 Å². The van der Waals surface area contributed by atoms with E-state index in [4.69, 9.17) is 0 Å². The van der Waals surface area contributed by atoms with Gasteiger partial charge >= 0.3 is 6.18 Å². The number of hydrogen-bond acceptors (Lipinski definition) is 2. The van der Waals surface area contributed by atoms with Crippen molar-refractivity contribution in [3.8, 4) is 0 Å². The maximum Gasteiger partial charge on any atom is 0.416 e. The minimum Gasteiger partial charge on any atom is -0.387 e. The highest BCUT2D eigenvalue weighted by Gasteiger charge is 2.32.